The number of rotatable bonds is 3. The van der Waals surface area contributed by atoms with E-state index in [9.17, 15) is 8.42 Å². The molecule has 1 unspecified atom stereocenters. The van der Waals surface area contributed by atoms with Gasteiger partial charge in [0, 0.05) is 31.0 Å². The van der Waals surface area contributed by atoms with Gasteiger partial charge in [0.05, 0.1) is 6.54 Å². The van der Waals surface area contributed by atoms with Crippen LogP contribution in [0.15, 0.2) is 23.4 Å². The molecule has 0 aliphatic rings. The molecule has 6 heteroatoms. The minimum Gasteiger partial charge on any atom is -0.320 e. The van der Waals surface area contributed by atoms with E-state index in [0.29, 0.717) is 5.56 Å². The Morgan fingerprint density at radius 1 is 1.38 bits per heavy atom. The molecule has 5 nitrogen and oxygen atoms in total. The molecule has 0 aliphatic carbocycles. The van der Waals surface area contributed by atoms with Gasteiger partial charge in [0.25, 0.3) is 0 Å². The second kappa shape index (κ2) is 6.56. The number of nitrogens with zero attached hydrogens (tertiary/aromatic N) is 2. The summed E-state index contributed by atoms with van der Waals surface area (Å²) in [7, 11) is -2.01. The molecule has 1 heterocycles. The van der Waals surface area contributed by atoms with Gasteiger partial charge in [-0.15, -0.1) is 0 Å². The molecule has 0 spiro atoms. The molecule has 0 saturated heterocycles. The first-order valence-electron chi connectivity index (χ1n) is 6.72. The highest BCUT2D eigenvalue weighted by molar-refractivity contribution is 7.89. The highest BCUT2D eigenvalue weighted by Crippen LogP contribution is 2.27. The molecule has 0 bridgehead atoms. The third-order valence-electron chi connectivity index (χ3n) is 3.52. The van der Waals surface area contributed by atoms with E-state index in [1.807, 2.05) is 27.7 Å². The SMILES string of the molecule is CC(N(C)S(=O)(=O)c1cncc(C#CCN)c1)C(C)(C)C. The topological polar surface area (TPSA) is 76.3 Å². The number of aromatic nitrogens is 1. The van der Waals surface area contributed by atoms with Crippen molar-refractivity contribution in [3.63, 3.8) is 0 Å². The molecule has 1 rings (SSSR count). The highest BCUT2D eigenvalue weighted by Gasteiger charge is 2.32. The van der Waals surface area contributed by atoms with E-state index in [1.54, 1.807) is 7.05 Å². The average molecular weight is 309 g/mol. The van der Waals surface area contributed by atoms with Crippen LogP contribution >= 0.6 is 0 Å². The van der Waals surface area contributed by atoms with Crippen LogP contribution in [0.5, 0.6) is 0 Å². The molecule has 0 amide bonds. The van der Waals surface area contributed by atoms with E-state index in [-0.39, 0.29) is 22.9 Å². The zero-order valence-electron chi connectivity index (χ0n) is 13.2. The molecule has 0 fully saturated rings. The fraction of sp³-hybridized carbons (Fsp3) is 0.533. The van der Waals surface area contributed by atoms with E-state index in [0.717, 1.165) is 0 Å². The molecule has 21 heavy (non-hydrogen) atoms. The van der Waals surface area contributed by atoms with E-state index in [1.165, 1.54) is 22.8 Å². The Kier molecular flexibility index (Phi) is 5.51. The molecule has 2 N–H and O–H groups in total. The van der Waals surface area contributed by atoms with E-state index in [4.69, 9.17) is 5.73 Å². The van der Waals surface area contributed by atoms with Crippen molar-refractivity contribution < 1.29 is 8.42 Å². The quantitative estimate of drug-likeness (QED) is 0.857. The summed E-state index contributed by atoms with van der Waals surface area (Å²) < 4.78 is 26.7. The van der Waals surface area contributed by atoms with Gasteiger partial charge in [-0.05, 0) is 18.4 Å². The van der Waals surface area contributed by atoms with Crippen LogP contribution in [-0.4, -0.2) is 37.3 Å². The molecule has 0 saturated carbocycles. The standard InChI is InChI=1S/C15H23N3O2S/c1-12(15(2,3)4)18(5)21(19,20)14-9-13(7-6-8-16)10-17-11-14/h9-12H,8,16H2,1-5H3. The minimum absolute atomic E-state index is 0.143. The first kappa shape index (κ1) is 17.6. The lowest BCUT2D eigenvalue weighted by Crippen LogP contribution is -2.42. The Morgan fingerprint density at radius 2 is 2.00 bits per heavy atom. The fourth-order valence-corrected chi connectivity index (χ4v) is 3.24. The molecule has 0 radical (unpaired) electrons. The Morgan fingerprint density at radius 3 is 2.52 bits per heavy atom. The lowest BCUT2D eigenvalue weighted by atomic mass is 9.88. The average Bonchev–Trinajstić information content (AvgIpc) is 2.42. The molecule has 1 aromatic rings. The summed E-state index contributed by atoms with van der Waals surface area (Å²) in [6, 6.07) is 1.37. The Hall–Kier alpha value is -1.42. The van der Waals surface area contributed by atoms with E-state index >= 15 is 0 Å². The largest absolute Gasteiger partial charge is 0.320 e. The summed E-state index contributed by atoms with van der Waals surface area (Å²) in [5.74, 6) is 5.48. The lowest BCUT2D eigenvalue weighted by Gasteiger charge is -2.34. The zero-order chi connectivity index (χ0) is 16.3. The minimum atomic E-state index is -3.60. The first-order chi connectivity index (χ1) is 9.60. The van der Waals surface area contributed by atoms with Crippen LogP contribution in [0.2, 0.25) is 0 Å². The van der Waals surface area contributed by atoms with Gasteiger partial charge >= 0.3 is 0 Å². The van der Waals surface area contributed by atoms with E-state index < -0.39 is 10.0 Å². The van der Waals surface area contributed by atoms with Crippen molar-refractivity contribution in [1.29, 1.82) is 0 Å². The van der Waals surface area contributed by atoms with Crippen molar-refractivity contribution in [3.05, 3.63) is 24.0 Å². The molecular weight excluding hydrogens is 286 g/mol. The summed E-state index contributed by atoms with van der Waals surface area (Å²) in [6.07, 6.45) is 2.86. The molecule has 0 aliphatic heterocycles. The summed E-state index contributed by atoms with van der Waals surface area (Å²) in [6.45, 7) is 8.13. The van der Waals surface area contributed by atoms with Gasteiger partial charge in [-0.2, -0.15) is 4.31 Å². The van der Waals surface area contributed by atoms with Crippen LogP contribution in [0.3, 0.4) is 0 Å². The second-order valence-electron chi connectivity index (χ2n) is 5.98. The van der Waals surface area contributed by atoms with Crippen molar-refractivity contribution in [2.75, 3.05) is 13.6 Å². The van der Waals surface area contributed by atoms with Crippen molar-refractivity contribution in [2.45, 2.75) is 38.6 Å². The van der Waals surface area contributed by atoms with Gasteiger partial charge in [-0.25, -0.2) is 8.42 Å². The fourth-order valence-electron chi connectivity index (χ4n) is 1.70. The number of pyridine rings is 1. The van der Waals surface area contributed by atoms with Crippen LogP contribution in [-0.2, 0) is 10.0 Å². The van der Waals surface area contributed by atoms with Gasteiger partial charge in [0.15, 0.2) is 0 Å². The van der Waals surface area contributed by atoms with E-state index in [2.05, 4.69) is 16.8 Å². The van der Waals surface area contributed by atoms with Crippen molar-refractivity contribution in [3.8, 4) is 11.8 Å². The van der Waals surface area contributed by atoms with Crippen LogP contribution in [0.1, 0.15) is 33.3 Å². The summed E-state index contributed by atoms with van der Waals surface area (Å²) >= 11 is 0. The van der Waals surface area contributed by atoms with Gasteiger partial charge in [0.2, 0.25) is 10.0 Å². The zero-order valence-corrected chi connectivity index (χ0v) is 14.0. The van der Waals surface area contributed by atoms with Gasteiger partial charge in [-0.3, -0.25) is 4.98 Å². The summed E-state index contributed by atoms with van der Waals surface area (Å²) in [5.41, 5.74) is 5.70. The second-order valence-corrected chi connectivity index (χ2v) is 7.98. The highest BCUT2D eigenvalue weighted by atomic mass is 32.2. The molecular formula is C15H23N3O2S. The van der Waals surface area contributed by atoms with Crippen molar-refractivity contribution >= 4 is 10.0 Å². The molecule has 0 aromatic carbocycles. The van der Waals surface area contributed by atoms with Crippen LogP contribution < -0.4 is 5.73 Å². The van der Waals surface area contributed by atoms with Crippen molar-refractivity contribution in [1.82, 2.24) is 9.29 Å². The van der Waals surface area contributed by atoms with Crippen LogP contribution in [0.25, 0.3) is 0 Å². The van der Waals surface area contributed by atoms with Gasteiger partial charge < -0.3 is 5.73 Å². The van der Waals surface area contributed by atoms with Gasteiger partial charge in [-0.1, -0.05) is 32.6 Å². The summed E-state index contributed by atoms with van der Waals surface area (Å²) in [4.78, 5) is 4.10. The summed E-state index contributed by atoms with van der Waals surface area (Å²) in [5, 5.41) is 0. The Balaban J connectivity index is 3.19. The van der Waals surface area contributed by atoms with Crippen LogP contribution in [0, 0.1) is 17.3 Å². The smallest absolute Gasteiger partial charge is 0.244 e. The number of nitrogens with two attached hydrogens (primary N) is 1. The monoisotopic (exact) mass is 309 g/mol. The van der Waals surface area contributed by atoms with Crippen LogP contribution in [0.4, 0.5) is 0 Å². The third-order valence-corrected chi connectivity index (χ3v) is 5.42. The van der Waals surface area contributed by atoms with Crippen molar-refractivity contribution in [2.24, 2.45) is 11.1 Å². The predicted octanol–water partition coefficient (Wildman–Crippen LogP) is 1.45. The number of sulfonamides is 1. The molecule has 116 valence electrons. The Labute approximate surface area is 127 Å². The normalized spacial score (nSPS) is 13.7. The predicted molar refractivity (Wildman–Crippen MR) is 84.0 cm³/mol. The maximum Gasteiger partial charge on any atom is 0.244 e. The molecule has 1 atom stereocenters. The number of hydrogen-bond acceptors (Lipinski definition) is 4. The van der Waals surface area contributed by atoms with Gasteiger partial charge in [0.1, 0.15) is 4.90 Å². The first-order valence-corrected chi connectivity index (χ1v) is 8.16. The maximum atomic E-state index is 12.7. The Bertz CT molecular complexity index is 651. The number of hydrogen-bond donors (Lipinski definition) is 1. The maximum absolute atomic E-state index is 12.7. The lowest BCUT2D eigenvalue weighted by molar-refractivity contribution is 0.216. The molecule has 1 aromatic heterocycles. The third kappa shape index (κ3) is 4.27.